The van der Waals surface area contributed by atoms with Gasteiger partial charge in [-0.05, 0) is 20.5 Å². The molecule has 0 aliphatic carbocycles. The Hall–Kier alpha value is -0.690. The van der Waals surface area contributed by atoms with Crippen LogP contribution in [0.2, 0.25) is 0 Å². The number of aromatic nitrogens is 1. The normalized spacial score (nSPS) is 20.6. The minimum Gasteiger partial charge on any atom is -0.376 e. The van der Waals surface area contributed by atoms with E-state index in [9.17, 15) is 0 Å². The van der Waals surface area contributed by atoms with E-state index in [-0.39, 0.29) is 0 Å². The fraction of sp³-hybridized carbons (Fsp3) is 0.786. The highest BCUT2D eigenvalue weighted by atomic mass is 32.1. The third-order valence-corrected chi connectivity index (χ3v) is 4.57. The lowest BCUT2D eigenvalue weighted by Crippen LogP contribution is -2.42. The Morgan fingerprint density at radius 3 is 2.85 bits per heavy atom. The highest BCUT2D eigenvalue weighted by Gasteiger charge is 2.21. The van der Waals surface area contributed by atoms with Gasteiger partial charge in [-0.2, -0.15) is 0 Å². The first kappa shape index (κ1) is 15.7. The van der Waals surface area contributed by atoms with Crippen LogP contribution in [0.1, 0.15) is 11.3 Å². The Morgan fingerprint density at radius 2 is 2.20 bits per heavy atom. The Morgan fingerprint density at radius 1 is 1.40 bits per heavy atom. The second-order valence-electron chi connectivity index (χ2n) is 5.82. The van der Waals surface area contributed by atoms with Crippen LogP contribution in [0.5, 0.6) is 0 Å². The molecule has 5 nitrogen and oxygen atoms in total. The van der Waals surface area contributed by atoms with Gasteiger partial charge in [0.1, 0.15) is 0 Å². The van der Waals surface area contributed by atoms with E-state index in [1.165, 1.54) is 4.88 Å². The maximum Gasteiger partial charge on any atom is 0.185 e. The molecule has 0 N–H and O–H groups in total. The predicted molar refractivity (Wildman–Crippen MR) is 84.6 cm³/mol. The Bertz CT molecular complexity index is 408. The summed E-state index contributed by atoms with van der Waals surface area (Å²) in [6.07, 6.45) is 3.48. The largest absolute Gasteiger partial charge is 0.376 e. The van der Waals surface area contributed by atoms with Gasteiger partial charge in [0.2, 0.25) is 0 Å². The molecule has 2 heterocycles. The zero-order valence-corrected chi connectivity index (χ0v) is 13.8. The van der Waals surface area contributed by atoms with Crippen molar-refractivity contribution < 1.29 is 4.74 Å². The van der Waals surface area contributed by atoms with Gasteiger partial charge in [-0.15, -0.1) is 11.3 Å². The SMILES string of the molecule is CN(C)CC[C@@H]1CN(Cc2cnc(N(C)C)s2)CCO1. The highest BCUT2D eigenvalue weighted by molar-refractivity contribution is 7.15. The number of anilines is 1. The van der Waals surface area contributed by atoms with Gasteiger partial charge in [0.15, 0.2) is 5.13 Å². The van der Waals surface area contributed by atoms with Crippen LogP contribution in [0.15, 0.2) is 6.20 Å². The van der Waals surface area contributed by atoms with Crippen molar-refractivity contribution in [3.8, 4) is 0 Å². The molecule has 0 bridgehead atoms. The van der Waals surface area contributed by atoms with Crippen molar-refractivity contribution in [3.05, 3.63) is 11.1 Å². The molecule has 0 aromatic carbocycles. The molecule has 0 unspecified atom stereocenters. The molecule has 1 atom stereocenters. The van der Waals surface area contributed by atoms with Crippen LogP contribution < -0.4 is 4.90 Å². The monoisotopic (exact) mass is 298 g/mol. The molecule has 114 valence electrons. The number of nitrogens with zero attached hydrogens (tertiary/aromatic N) is 4. The molecule has 0 radical (unpaired) electrons. The minimum atomic E-state index is 0.368. The van der Waals surface area contributed by atoms with Crippen molar-refractivity contribution in [1.29, 1.82) is 0 Å². The van der Waals surface area contributed by atoms with Crippen LogP contribution in [-0.4, -0.2) is 75.3 Å². The van der Waals surface area contributed by atoms with Gasteiger partial charge < -0.3 is 14.5 Å². The standard InChI is InChI=1S/C14H26N4OS/c1-16(2)6-5-12-10-18(7-8-19-12)11-13-9-15-14(20-13)17(3)4/h9,12H,5-8,10-11H2,1-4H3/t12-/m1/s1. The highest BCUT2D eigenvalue weighted by Crippen LogP contribution is 2.22. The lowest BCUT2D eigenvalue weighted by atomic mass is 10.2. The number of hydrogen-bond donors (Lipinski definition) is 0. The molecule has 0 amide bonds. The summed E-state index contributed by atoms with van der Waals surface area (Å²) in [5.41, 5.74) is 0. The summed E-state index contributed by atoms with van der Waals surface area (Å²) < 4.78 is 5.85. The summed E-state index contributed by atoms with van der Waals surface area (Å²) in [6, 6.07) is 0. The third kappa shape index (κ3) is 4.70. The van der Waals surface area contributed by atoms with Gasteiger partial charge in [0, 0.05) is 51.3 Å². The molecule has 6 heteroatoms. The van der Waals surface area contributed by atoms with Crippen LogP contribution in [0, 0.1) is 0 Å². The van der Waals surface area contributed by atoms with Crippen LogP contribution >= 0.6 is 11.3 Å². The van der Waals surface area contributed by atoms with Gasteiger partial charge >= 0.3 is 0 Å². The number of ether oxygens (including phenoxy) is 1. The van der Waals surface area contributed by atoms with E-state index in [1.807, 2.05) is 20.3 Å². The van der Waals surface area contributed by atoms with Gasteiger partial charge in [0.25, 0.3) is 0 Å². The number of thiazole rings is 1. The summed E-state index contributed by atoms with van der Waals surface area (Å²) in [4.78, 5) is 12.5. The first-order valence-electron chi connectivity index (χ1n) is 7.15. The summed E-state index contributed by atoms with van der Waals surface area (Å²) >= 11 is 1.78. The molecule has 1 aliphatic rings. The smallest absolute Gasteiger partial charge is 0.185 e. The second-order valence-corrected chi connectivity index (χ2v) is 6.92. The lowest BCUT2D eigenvalue weighted by molar-refractivity contribution is -0.0367. The molecule has 2 rings (SSSR count). The van der Waals surface area contributed by atoms with E-state index in [0.29, 0.717) is 6.10 Å². The quantitative estimate of drug-likeness (QED) is 0.792. The van der Waals surface area contributed by atoms with Crippen LogP contribution in [-0.2, 0) is 11.3 Å². The predicted octanol–water partition coefficient (Wildman–Crippen LogP) is 1.36. The number of rotatable bonds is 6. The van der Waals surface area contributed by atoms with E-state index < -0.39 is 0 Å². The molecular formula is C14H26N4OS. The zero-order valence-electron chi connectivity index (χ0n) is 13.0. The summed E-state index contributed by atoms with van der Waals surface area (Å²) in [5.74, 6) is 0. The van der Waals surface area contributed by atoms with Gasteiger partial charge in [0.05, 0.1) is 12.7 Å². The zero-order chi connectivity index (χ0) is 14.5. The van der Waals surface area contributed by atoms with Crippen molar-refractivity contribution in [1.82, 2.24) is 14.8 Å². The Kier molecular flexibility index (Phi) is 5.77. The van der Waals surface area contributed by atoms with Crippen molar-refractivity contribution in [2.45, 2.75) is 19.1 Å². The number of hydrogen-bond acceptors (Lipinski definition) is 6. The van der Waals surface area contributed by atoms with Crippen LogP contribution in [0.25, 0.3) is 0 Å². The first-order valence-corrected chi connectivity index (χ1v) is 7.97. The van der Waals surface area contributed by atoms with Crippen molar-refractivity contribution in [2.24, 2.45) is 0 Å². The molecule has 1 aliphatic heterocycles. The van der Waals surface area contributed by atoms with E-state index >= 15 is 0 Å². The molecular weight excluding hydrogens is 272 g/mol. The molecule has 0 spiro atoms. The molecule has 20 heavy (non-hydrogen) atoms. The maximum absolute atomic E-state index is 5.85. The van der Waals surface area contributed by atoms with E-state index in [1.54, 1.807) is 11.3 Å². The molecule has 1 aromatic rings. The summed E-state index contributed by atoms with van der Waals surface area (Å²) in [7, 11) is 8.30. The average Bonchev–Trinajstić information content (AvgIpc) is 2.85. The molecule has 1 saturated heterocycles. The van der Waals surface area contributed by atoms with Gasteiger partial charge in [-0.3, -0.25) is 4.90 Å². The average molecular weight is 298 g/mol. The van der Waals surface area contributed by atoms with Crippen molar-refractivity contribution in [3.63, 3.8) is 0 Å². The fourth-order valence-corrected chi connectivity index (χ4v) is 3.17. The molecule has 1 fully saturated rings. The number of morpholine rings is 1. The topological polar surface area (TPSA) is 31.8 Å². The van der Waals surface area contributed by atoms with Crippen molar-refractivity contribution >= 4 is 16.5 Å². The van der Waals surface area contributed by atoms with E-state index in [4.69, 9.17) is 4.74 Å². The maximum atomic E-state index is 5.85. The minimum absolute atomic E-state index is 0.368. The molecule has 0 saturated carbocycles. The lowest BCUT2D eigenvalue weighted by Gasteiger charge is -2.33. The fourth-order valence-electron chi connectivity index (χ4n) is 2.30. The van der Waals surface area contributed by atoms with Gasteiger partial charge in [-0.25, -0.2) is 4.98 Å². The molecule has 1 aromatic heterocycles. The second kappa shape index (κ2) is 7.36. The summed E-state index contributed by atoms with van der Waals surface area (Å²) in [6.45, 7) is 4.98. The first-order chi connectivity index (χ1) is 9.54. The Balaban J connectivity index is 1.82. The van der Waals surface area contributed by atoms with E-state index in [2.05, 4.69) is 33.8 Å². The Labute approximate surface area is 126 Å². The van der Waals surface area contributed by atoms with Crippen molar-refractivity contribution in [2.75, 3.05) is 59.3 Å². The third-order valence-electron chi connectivity index (χ3n) is 3.42. The van der Waals surface area contributed by atoms with Crippen LogP contribution in [0.3, 0.4) is 0 Å². The van der Waals surface area contributed by atoms with E-state index in [0.717, 1.165) is 44.3 Å². The van der Waals surface area contributed by atoms with Gasteiger partial charge in [-0.1, -0.05) is 0 Å². The van der Waals surface area contributed by atoms with Crippen LogP contribution in [0.4, 0.5) is 5.13 Å². The summed E-state index contributed by atoms with van der Waals surface area (Å²) in [5, 5.41) is 1.08.